The molecule has 0 N–H and O–H groups in total. The summed E-state index contributed by atoms with van der Waals surface area (Å²) in [6, 6.07) is 0. The second-order valence-electron chi connectivity index (χ2n) is 3.63. The highest BCUT2D eigenvalue weighted by atomic mass is 32.2. The van der Waals surface area contributed by atoms with Crippen LogP contribution < -0.4 is 0 Å². The molecule has 12 heavy (non-hydrogen) atoms. The molecule has 2 rings (SSSR count). The van der Waals surface area contributed by atoms with Crippen molar-refractivity contribution in [1.82, 2.24) is 8.61 Å². The van der Waals surface area contributed by atoms with Crippen molar-refractivity contribution >= 4 is 10.2 Å². The van der Waals surface area contributed by atoms with E-state index in [2.05, 4.69) is 0 Å². The van der Waals surface area contributed by atoms with Gasteiger partial charge in [0.25, 0.3) is 10.2 Å². The fourth-order valence-corrected chi connectivity index (χ4v) is 2.87. The standard InChI is InChI=1S/C7H14N2O2S/c1-8-4-5-9(12(8,10)11)6-7-2-3-7/h7H,2-6H2,1H3. The molecule has 2 aliphatic rings. The maximum atomic E-state index is 11.5. The van der Waals surface area contributed by atoms with Crippen LogP contribution in [-0.2, 0) is 10.2 Å². The molecule has 5 heteroatoms. The zero-order chi connectivity index (χ0) is 8.77. The van der Waals surface area contributed by atoms with E-state index in [0.717, 1.165) is 6.54 Å². The van der Waals surface area contributed by atoms with Gasteiger partial charge in [-0.05, 0) is 18.8 Å². The second kappa shape index (κ2) is 2.68. The maximum Gasteiger partial charge on any atom is 0.281 e. The highest BCUT2D eigenvalue weighted by Gasteiger charge is 2.37. The Morgan fingerprint density at radius 2 is 2.00 bits per heavy atom. The molecule has 0 spiro atoms. The molecule has 2 fully saturated rings. The minimum absolute atomic E-state index is 0.645. The fourth-order valence-electron chi connectivity index (χ4n) is 1.45. The topological polar surface area (TPSA) is 40.6 Å². The van der Waals surface area contributed by atoms with Crippen LogP contribution in [0, 0.1) is 5.92 Å². The Morgan fingerprint density at radius 1 is 1.33 bits per heavy atom. The third kappa shape index (κ3) is 1.36. The quantitative estimate of drug-likeness (QED) is 0.609. The van der Waals surface area contributed by atoms with Crippen LogP contribution in [0.4, 0.5) is 0 Å². The zero-order valence-electron chi connectivity index (χ0n) is 7.23. The molecular formula is C7H14N2O2S. The lowest BCUT2D eigenvalue weighted by Crippen LogP contribution is -2.32. The summed E-state index contributed by atoms with van der Waals surface area (Å²) in [6.45, 7) is 2.07. The second-order valence-corrected chi connectivity index (χ2v) is 5.67. The average molecular weight is 190 g/mol. The Morgan fingerprint density at radius 3 is 2.42 bits per heavy atom. The molecule has 1 saturated carbocycles. The molecule has 0 bridgehead atoms. The molecule has 70 valence electrons. The highest BCUT2D eigenvalue weighted by molar-refractivity contribution is 7.87. The molecule has 1 aliphatic carbocycles. The predicted molar refractivity (Wildman–Crippen MR) is 45.8 cm³/mol. The van der Waals surface area contributed by atoms with Crippen LogP contribution in [0.3, 0.4) is 0 Å². The van der Waals surface area contributed by atoms with Gasteiger partial charge in [0.2, 0.25) is 0 Å². The molecule has 0 amide bonds. The summed E-state index contributed by atoms with van der Waals surface area (Å²) in [4.78, 5) is 0. The van der Waals surface area contributed by atoms with E-state index in [-0.39, 0.29) is 0 Å². The van der Waals surface area contributed by atoms with Gasteiger partial charge in [0, 0.05) is 26.7 Å². The van der Waals surface area contributed by atoms with Crippen LogP contribution in [0.25, 0.3) is 0 Å². The Kier molecular flexibility index (Phi) is 1.89. The summed E-state index contributed by atoms with van der Waals surface area (Å²) < 4.78 is 26.0. The Hall–Kier alpha value is -0.130. The third-order valence-corrected chi connectivity index (χ3v) is 4.50. The third-order valence-electron chi connectivity index (χ3n) is 2.54. The minimum atomic E-state index is -3.05. The number of likely N-dealkylation sites (N-methyl/N-ethyl adjacent to an activating group) is 1. The van der Waals surface area contributed by atoms with Crippen molar-refractivity contribution in [2.75, 3.05) is 26.7 Å². The van der Waals surface area contributed by atoms with E-state index in [1.165, 1.54) is 17.1 Å². The Labute approximate surface area is 73.3 Å². The van der Waals surface area contributed by atoms with Crippen molar-refractivity contribution in [3.05, 3.63) is 0 Å². The highest BCUT2D eigenvalue weighted by Crippen LogP contribution is 2.31. The predicted octanol–water partition coefficient (Wildman–Crippen LogP) is -0.111. The number of hydrogen-bond acceptors (Lipinski definition) is 2. The lowest BCUT2D eigenvalue weighted by atomic mass is 10.4. The van der Waals surface area contributed by atoms with Crippen LogP contribution in [0.1, 0.15) is 12.8 Å². The van der Waals surface area contributed by atoms with Crippen molar-refractivity contribution in [2.45, 2.75) is 12.8 Å². The fraction of sp³-hybridized carbons (Fsp3) is 1.00. The molecule has 0 atom stereocenters. The first-order valence-electron chi connectivity index (χ1n) is 4.32. The first-order valence-corrected chi connectivity index (χ1v) is 5.72. The largest absolute Gasteiger partial charge is 0.281 e. The van der Waals surface area contributed by atoms with E-state index in [4.69, 9.17) is 0 Å². The van der Waals surface area contributed by atoms with Crippen LogP contribution in [0.2, 0.25) is 0 Å². The molecule has 0 aromatic rings. The van der Waals surface area contributed by atoms with Gasteiger partial charge >= 0.3 is 0 Å². The number of nitrogens with zero attached hydrogens (tertiary/aromatic N) is 2. The first-order chi connectivity index (χ1) is 5.60. The lowest BCUT2D eigenvalue weighted by molar-refractivity contribution is 0.431. The van der Waals surface area contributed by atoms with E-state index >= 15 is 0 Å². The van der Waals surface area contributed by atoms with Crippen molar-refractivity contribution in [2.24, 2.45) is 5.92 Å². The van der Waals surface area contributed by atoms with E-state index in [0.29, 0.717) is 19.0 Å². The molecule has 0 unspecified atom stereocenters. The van der Waals surface area contributed by atoms with Crippen LogP contribution in [-0.4, -0.2) is 43.7 Å². The van der Waals surface area contributed by atoms with Gasteiger partial charge in [0.15, 0.2) is 0 Å². The van der Waals surface area contributed by atoms with Crippen LogP contribution in [0.15, 0.2) is 0 Å². The maximum absolute atomic E-state index is 11.5. The summed E-state index contributed by atoms with van der Waals surface area (Å²) in [5.41, 5.74) is 0. The van der Waals surface area contributed by atoms with Gasteiger partial charge in [-0.25, -0.2) is 0 Å². The van der Waals surface area contributed by atoms with Crippen molar-refractivity contribution in [3.8, 4) is 0 Å². The zero-order valence-corrected chi connectivity index (χ0v) is 8.05. The molecule has 0 radical (unpaired) electrons. The minimum Gasteiger partial charge on any atom is -0.195 e. The molecular weight excluding hydrogens is 176 g/mol. The summed E-state index contributed by atoms with van der Waals surface area (Å²) in [6.07, 6.45) is 2.41. The van der Waals surface area contributed by atoms with Gasteiger partial charge < -0.3 is 0 Å². The summed E-state index contributed by atoms with van der Waals surface area (Å²) >= 11 is 0. The van der Waals surface area contributed by atoms with Gasteiger partial charge in [-0.3, -0.25) is 0 Å². The monoisotopic (exact) mass is 190 g/mol. The Balaban J connectivity index is 2.06. The van der Waals surface area contributed by atoms with Crippen LogP contribution >= 0.6 is 0 Å². The van der Waals surface area contributed by atoms with Gasteiger partial charge in [0.1, 0.15) is 0 Å². The summed E-state index contributed by atoms with van der Waals surface area (Å²) in [5.74, 6) is 0.645. The van der Waals surface area contributed by atoms with Crippen molar-refractivity contribution < 1.29 is 8.42 Å². The average Bonchev–Trinajstić information content (AvgIpc) is 2.75. The van der Waals surface area contributed by atoms with E-state index in [9.17, 15) is 8.42 Å². The van der Waals surface area contributed by atoms with Gasteiger partial charge in [-0.1, -0.05) is 0 Å². The van der Waals surface area contributed by atoms with Gasteiger partial charge in [0.05, 0.1) is 0 Å². The molecule has 1 saturated heterocycles. The SMILES string of the molecule is CN1CCN(CC2CC2)S1(=O)=O. The summed E-state index contributed by atoms with van der Waals surface area (Å²) in [5, 5.41) is 0. The molecule has 1 heterocycles. The van der Waals surface area contributed by atoms with Crippen LogP contribution in [0.5, 0.6) is 0 Å². The molecule has 4 nitrogen and oxygen atoms in total. The normalized spacial score (nSPS) is 31.1. The van der Waals surface area contributed by atoms with E-state index in [1.54, 1.807) is 11.4 Å². The van der Waals surface area contributed by atoms with E-state index in [1.807, 2.05) is 0 Å². The molecule has 1 aliphatic heterocycles. The van der Waals surface area contributed by atoms with Crippen molar-refractivity contribution in [1.29, 1.82) is 0 Å². The molecule has 0 aromatic heterocycles. The van der Waals surface area contributed by atoms with E-state index < -0.39 is 10.2 Å². The summed E-state index contributed by atoms with van der Waals surface area (Å²) in [7, 11) is -1.41. The smallest absolute Gasteiger partial charge is 0.195 e. The van der Waals surface area contributed by atoms with Gasteiger partial charge in [-0.2, -0.15) is 17.0 Å². The first kappa shape index (κ1) is 8.47. The van der Waals surface area contributed by atoms with Gasteiger partial charge in [-0.15, -0.1) is 0 Å². The molecule has 0 aromatic carbocycles. The number of hydrogen-bond donors (Lipinski definition) is 0. The lowest BCUT2D eigenvalue weighted by Gasteiger charge is -2.14. The van der Waals surface area contributed by atoms with Crippen molar-refractivity contribution in [3.63, 3.8) is 0 Å². The Bertz CT molecular complexity index is 271. The number of rotatable bonds is 2.